The van der Waals surface area contributed by atoms with E-state index in [4.69, 9.17) is 9.47 Å². The third-order valence-electron chi connectivity index (χ3n) is 3.76. The van der Waals surface area contributed by atoms with Gasteiger partial charge in [-0.15, -0.1) is 0 Å². The largest absolute Gasteiger partial charge is 0.486 e. The number of benzene rings is 2. The number of para-hydroxylation sites is 2. The minimum atomic E-state index is -3.59. The third-order valence-corrected chi connectivity index (χ3v) is 5.34. The molecule has 1 heterocycles. The Balaban J connectivity index is 1.72. The average molecular weight is 333 g/mol. The Bertz CT molecular complexity index is 786. The van der Waals surface area contributed by atoms with Crippen molar-refractivity contribution in [3.63, 3.8) is 0 Å². The topological polar surface area (TPSA) is 64.6 Å². The van der Waals surface area contributed by atoms with Gasteiger partial charge in [0.1, 0.15) is 12.7 Å². The summed E-state index contributed by atoms with van der Waals surface area (Å²) in [6, 6.07) is 13.7. The molecule has 0 radical (unpaired) electrons. The first kappa shape index (κ1) is 15.8. The van der Waals surface area contributed by atoms with Crippen molar-refractivity contribution in [3.05, 3.63) is 54.1 Å². The lowest BCUT2D eigenvalue weighted by Gasteiger charge is -2.30. The molecule has 1 aliphatic heterocycles. The fourth-order valence-corrected chi connectivity index (χ4v) is 3.66. The number of hydrogen-bond acceptors (Lipinski definition) is 4. The van der Waals surface area contributed by atoms with Crippen LogP contribution in [0.3, 0.4) is 0 Å². The van der Waals surface area contributed by atoms with Crippen LogP contribution in [-0.2, 0) is 10.0 Å². The predicted molar refractivity (Wildman–Crippen MR) is 87.3 cm³/mol. The van der Waals surface area contributed by atoms with Crippen LogP contribution in [0.15, 0.2) is 53.4 Å². The zero-order chi connectivity index (χ0) is 16.4. The minimum Gasteiger partial charge on any atom is -0.486 e. The van der Waals surface area contributed by atoms with Crippen molar-refractivity contribution in [2.75, 3.05) is 6.61 Å². The van der Waals surface area contributed by atoms with E-state index >= 15 is 0 Å². The van der Waals surface area contributed by atoms with Gasteiger partial charge < -0.3 is 9.47 Å². The maximum Gasteiger partial charge on any atom is 0.240 e. The number of fused-ring (bicyclic) bond motifs is 1. The van der Waals surface area contributed by atoms with Gasteiger partial charge in [-0.3, -0.25) is 0 Å². The average Bonchev–Trinajstić information content (AvgIpc) is 2.54. The molecule has 0 saturated heterocycles. The van der Waals surface area contributed by atoms with Gasteiger partial charge >= 0.3 is 0 Å². The molecule has 1 N–H and O–H groups in total. The highest BCUT2D eigenvalue weighted by molar-refractivity contribution is 7.89. The Morgan fingerprint density at radius 2 is 1.74 bits per heavy atom. The van der Waals surface area contributed by atoms with Crippen LogP contribution < -0.4 is 14.2 Å². The van der Waals surface area contributed by atoms with E-state index in [1.54, 1.807) is 31.2 Å². The number of rotatable bonds is 4. The molecule has 2 aromatic rings. The van der Waals surface area contributed by atoms with Gasteiger partial charge in [-0.25, -0.2) is 13.1 Å². The van der Waals surface area contributed by atoms with Crippen LogP contribution in [0, 0.1) is 6.92 Å². The Labute approximate surface area is 136 Å². The second kappa shape index (κ2) is 6.22. The molecular formula is C17H19NO4S. The standard InChI is InChI=1S/C17H19NO4S/c1-12-7-9-14(10-8-12)23(19,20)18-13(2)17-11-21-15-5-3-4-6-16(15)22-17/h3-10,13,17-18H,11H2,1-2H3/t13-,17-/m0/s1. The summed E-state index contributed by atoms with van der Waals surface area (Å²) in [6.07, 6.45) is -0.384. The van der Waals surface area contributed by atoms with Crippen LogP contribution in [-0.4, -0.2) is 27.2 Å². The lowest BCUT2D eigenvalue weighted by Crippen LogP contribution is -2.48. The highest BCUT2D eigenvalue weighted by Gasteiger charge is 2.29. The highest BCUT2D eigenvalue weighted by Crippen LogP contribution is 2.31. The summed E-state index contributed by atoms with van der Waals surface area (Å²) >= 11 is 0. The van der Waals surface area contributed by atoms with Crippen molar-refractivity contribution >= 4 is 10.0 Å². The number of nitrogens with one attached hydrogen (secondary N) is 1. The number of ether oxygens (including phenoxy) is 2. The van der Waals surface area contributed by atoms with Crippen molar-refractivity contribution in [2.24, 2.45) is 0 Å². The Morgan fingerprint density at radius 3 is 2.43 bits per heavy atom. The molecule has 23 heavy (non-hydrogen) atoms. The lowest BCUT2D eigenvalue weighted by atomic mass is 10.2. The number of hydrogen-bond donors (Lipinski definition) is 1. The van der Waals surface area contributed by atoms with Crippen LogP contribution in [0.25, 0.3) is 0 Å². The van der Waals surface area contributed by atoms with Crippen molar-refractivity contribution < 1.29 is 17.9 Å². The molecule has 0 bridgehead atoms. The minimum absolute atomic E-state index is 0.243. The summed E-state index contributed by atoms with van der Waals surface area (Å²) in [4.78, 5) is 0.243. The zero-order valence-corrected chi connectivity index (χ0v) is 13.8. The summed E-state index contributed by atoms with van der Waals surface area (Å²) < 4.78 is 39.0. The van der Waals surface area contributed by atoms with E-state index in [9.17, 15) is 8.42 Å². The van der Waals surface area contributed by atoms with Gasteiger partial charge in [-0.2, -0.15) is 0 Å². The third kappa shape index (κ3) is 3.48. The van der Waals surface area contributed by atoms with Gasteiger partial charge in [0.15, 0.2) is 11.5 Å². The van der Waals surface area contributed by atoms with E-state index in [1.165, 1.54) is 0 Å². The lowest BCUT2D eigenvalue weighted by molar-refractivity contribution is 0.0725. The molecule has 2 atom stereocenters. The van der Waals surface area contributed by atoms with Gasteiger partial charge in [0.05, 0.1) is 10.9 Å². The summed E-state index contributed by atoms with van der Waals surface area (Å²) in [5.74, 6) is 1.31. The van der Waals surface area contributed by atoms with Crippen LogP contribution in [0.5, 0.6) is 11.5 Å². The first-order chi connectivity index (χ1) is 11.0. The Morgan fingerprint density at radius 1 is 1.09 bits per heavy atom. The highest BCUT2D eigenvalue weighted by atomic mass is 32.2. The normalized spacial score (nSPS) is 18.4. The molecule has 5 nitrogen and oxygen atoms in total. The molecule has 3 rings (SSSR count). The van der Waals surface area contributed by atoms with Gasteiger partial charge in [-0.05, 0) is 38.1 Å². The van der Waals surface area contributed by atoms with Gasteiger partial charge in [0, 0.05) is 0 Å². The van der Waals surface area contributed by atoms with Gasteiger partial charge in [0.2, 0.25) is 10.0 Å². The Hall–Kier alpha value is -2.05. The van der Waals surface area contributed by atoms with Crippen molar-refractivity contribution in [1.82, 2.24) is 4.72 Å². The summed E-state index contributed by atoms with van der Waals surface area (Å²) in [5, 5.41) is 0. The quantitative estimate of drug-likeness (QED) is 0.934. The predicted octanol–water partition coefficient (Wildman–Crippen LogP) is 2.50. The molecule has 0 aromatic heterocycles. The first-order valence-corrected chi connectivity index (χ1v) is 8.91. The van der Waals surface area contributed by atoms with Gasteiger partial charge in [-0.1, -0.05) is 29.8 Å². The molecule has 0 saturated carbocycles. The smallest absolute Gasteiger partial charge is 0.240 e. The zero-order valence-electron chi connectivity index (χ0n) is 13.0. The fraction of sp³-hybridized carbons (Fsp3) is 0.294. The SMILES string of the molecule is Cc1ccc(S(=O)(=O)N[C@@H](C)[C@@H]2COc3ccccc3O2)cc1. The Kier molecular flexibility index (Phi) is 4.28. The van der Waals surface area contributed by atoms with Crippen molar-refractivity contribution in [3.8, 4) is 11.5 Å². The maximum absolute atomic E-state index is 12.4. The van der Waals surface area contributed by atoms with E-state index in [-0.39, 0.29) is 11.0 Å². The van der Waals surface area contributed by atoms with E-state index in [0.29, 0.717) is 18.1 Å². The fourth-order valence-electron chi connectivity index (χ4n) is 2.39. The molecule has 1 aliphatic rings. The molecule has 122 valence electrons. The molecule has 6 heteroatoms. The van der Waals surface area contributed by atoms with Crippen molar-refractivity contribution in [1.29, 1.82) is 0 Å². The van der Waals surface area contributed by atoms with E-state index in [1.807, 2.05) is 31.2 Å². The first-order valence-electron chi connectivity index (χ1n) is 7.43. The summed E-state index contributed by atoms with van der Waals surface area (Å²) in [6.45, 7) is 3.99. The van der Waals surface area contributed by atoms with Gasteiger partial charge in [0.25, 0.3) is 0 Å². The molecule has 0 unspecified atom stereocenters. The molecule has 2 aromatic carbocycles. The van der Waals surface area contributed by atoms with Crippen LogP contribution in [0.1, 0.15) is 12.5 Å². The van der Waals surface area contributed by atoms with Crippen molar-refractivity contribution in [2.45, 2.75) is 30.9 Å². The van der Waals surface area contributed by atoms with E-state index < -0.39 is 16.1 Å². The molecule has 0 spiro atoms. The van der Waals surface area contributed by atoms with Crippen LogP contribution in [0.4, 0.5) is 0 Å². The van der Waals surface area contributed by atoms with E-state index in [0.717, 1.165) is 5.56 Å². The van der Waals surface area contributed by atoms with E-state index in [2.05, 4.69) is 4.72 Å². The number of sulfonamides is 1. The summed E-state index contributed by atoms with van der Waals surface area (Å²) in [7, 11) is -3.59. The van der Waals surface area contributed by atoms with Crippen LogP contribution in [0.2, 0.25) is 0 Å². The van der Waals surface area contributed by atoms with Crippen LogP contribution >= 0.6 is 0 Å². The molecule has 0 fully saturated rings. The number of aryl methyl sites for hydroxylation is 1. The maximum atomic E-state index is 12.4. The monoisotopic (exact) mass is 333 g/mol. The summed E-state index contributed by atoms with van der Waals surface area (Å²) in [5.41, 5.74) is 1.01. The molecule has 0 amide bonds. The molecular weight excluding hydrogens is 314 g/mol. The molecule has 0 aliphatic carbocycles. The second-order valence-corrected chi connectivity index (χ2v) is 7.35. The second-order valence-electron chi connectivity index (χ2n) is 5.64.